The van der Waals surface area contributed by atoms with Gasteiger partial charge in [-0.05, 0) is 18.2 Å². The fraction of sp³-hybridized carbons (Fsp3) is 0.364. The molecule has 0 spiro atoms. The fourth-order valence-electron chi connectivity index (χ4n) is 1.86. The summed E-state index contributed by atoms with van der Waals surface area (Å²) >= 11 is 0. The molecule has 0 fully saturated rings. The lowest BCUT2D eigenvalue weighted by molar-refractivity contribution is -0.135. The molecule has 1 aliphatic rings. The van der Waals surface area contributed by atoms with Crippen molar-refractivity contribution >= 4 is 11.6 Å². The summed E-state index contributed by atoms with van der Waals surface area (Å²) in [5.41, 5.74) is -0.647. The van der Waals surface area contributed by atoms with Crippen LogP contribution in [0.15, 0.2) is 18.2 Å². The van der Waals surface area contributed by atoms with Crippen LogP contribution in [0.1, 0.15) is 12.0 Å². The lowest BCUT2D eigenvalue weighted by Crippen LogP contribution is -2.35. The van der Waals surface area contributed by atoms with E-state index in [1.807, 2.05) is 0 Å². The van der Waals surface area contributed by atoms with Gasteiger partial charge < -0.3 is 20.3 Å². The van der Waals surface area contributed by atoms with Crippen molar-refractivity contribution in [2.45, 2.75) is 12.0 Å². The van der Waals surface area contributed by atoms with E-state index in [1.165, 1.54) is 7.11 Å². The van der Waals surface area contributed by atoms with Crippen LogP contribution in [0.4, 0.5) is 5.69 Å². The first kappa shape index (κ1) is 10.9. The van der Waals surface area contributed by atoms with Crippen molar-refractivity contribution in [3.05, 3.63) is 23.8 Å². The fourth-order valence-corrected chi connectivity index (χ4v) is 1.86. The minimum Gasteiger partial charge on any atom is -0.497 e. The van der Waals surface area contributed by atoms with E-state index in [0.717, 1.165) is 0 Å². The van der Waals surface area contributed by atoms with Gasteiger partial charge in [-0.2, -0.15) is 0 Å². The van der Waals surface area contributed by atoms with Crippen LogP contribution in [0.25, 0.3) is 0 Å². The highest BCUT2D eigenvalue weighted by Gasteiger charge is 2.44. The van der Waals surface area contributed by atoms with Crippen molar-refractivity contribution in [3.8, 4) is 5.75 Å². The highest BCUT2D eigenvalue weighted by molar-refractivity contribution is 6.05. The molecule has 0 saturated carbocycles. The van der Waals surface area contributed by atoms with Crippen LogP contribution < -0.4 is 10.1 Å². The zero-order valence-electron chi connectivity index (χ0n) is 8.86. The Balaban J connectivity index is 2.49. The number of hydrogen-bond donors (Lipinski definition) is 3. The van der Waals surface area contributed by atoms with E-state index in [9.17, 15) is 9.90 Å². The Labute approximate surface area is 92.7 Å². The zero-order valence-corrected chi connectivity index (χ0v) is 8.86. The number of aliphatic hydroxyl groups excluding tert-OH is 1. The number of carbonyl (C=O) groups is 1. The molecule has 0 unspecified atom stereocenters. The summed E-state index contributed by atoms with van der Waals surface area (Å²) in [6, 6.07) is 4.97. The average Bonchev–Trinajstić information content (AvgIpc) is 2.52. The van der Waals surface area contributed by atoms with E-state index >= 15 is 0 Å². The Hall–Kier alpha value is -1.59. The van der Waals surface area contributed by atoms with E-state index in [2.05, 4.69) is 5.32 Å². The summed E-state index contributed by atoms with van der Waals surface area (Å²) in [5, 5.41) is 21.7. The number of methoxy groups -OCH3 is 1. The number of benzene rings is 1. The second-order valence-corrected chi connectivity index (χ2v) is 3.70. The number of aliphatic hydroxyl groups is 2. The molecule has 0 radical (unpaired) electrons. The van der Waals surface area contributed by atoms with Gasteiger partial charge in [0, 0.05) is 24.3 Å². The summed E-state index contributed by atoms with van der Waals surface area (Å²) < 4.78 is 5.03. The van der Waals surface area contributed by atoms with E-state index < -0.39 is 11.5 Å². The first-order chi connectivity index (χ1) is 7.61. The average molecular weight is 223 g/mol. The highest BCUT2D eigenvalue weighted by Crippen LogP contribution is 2.39. The number of fused-ring (bicyclic) bond motifs is 1. The van der Waals surface area contributed by atoms with Crippen molar-refractivity contribution < 1.29 is 19.7 Å². The monoisotopic (exact) mass is 223 g/mol. The first-order valence-corrected chi connectivity index (χ1v) is 4.95. The minimum atomic E-state index is -1.65. The predicted molar refractivity (Wildman–Crippen MR) is 57.2 cm³/mol. The number of hydrogen-bond acceptors (Lipinski definition) is 4. The number of rotatable bonds is 3. The summed E-state index contributed by atoms with van der Waals surface area (Å²) in [5.74, 6) is 0.0522. The summed E-state index contributed by atoms with van der Waals surface area (Å²) in [7, 11) is 1.51. The Morgan fingerprint density at radius 1 is 1.50 bits per heavy atom. The van der Waals surface area contributed by atoms with Gasteiger partial charge in [-0.3, -0.25) is 4.79 Å². The smallest absolute Gasteiger partial charge is 0.261 e. The second-order valence-electron chi connectivity index (χ2n) is 3.70. The summed E-state index contributed by atoms with van der Waals surface area (Å²) in [6.07, 6.45) is -0.0288. The maximum Gasteiger partial charge on any atom is 0.261 e. The van der Waals surface area contributed by atoms with Gasteiger partial charge >= 0.3 is 0 Å². The van der Waals surface area contributed by atoms with Gasteiger partial charge in [-0.15, -0.1) is 0 Å². The van der Waals surface area contributed by atoms with Crippen molar-refractivity contribution in [3.63, 3.8) is 0 Å². The minimum absolute atomic E-state index is 0.0288. The molecule has 0 bridgehead atoms. The number of nitrogens with one attached hydrogen (secondary N) is 1. The Morgan fingerprint density at radius 3 is 2.88 bits per heavy atom. The van der Waals surface area contributed by atoms with Gasteiger partial charge in [-0.25, -0.2) is 0 Å². The molecule has 5 nitrogen and oxygen atoms in total. The topological polar surface area (TPSA) is 78.8 Å². The van der Waals surface area contributed by atoms with Gasteiger partial charge in [0.1, 0.15) is 5.75 Å². The van der Waals surface area contributed by atoms with Gasteiger partial charge in [-0.1, -0.05) is 0 Å². The van der Waals surface area contributed by atoms with Crippen LogP contribution in [0.2, 0.25) is 0 Å². The lowest BCUT2D eigenvalue weighted by atomic mass is 9.92. The van der Waals surface area contributed by atoms with Crippen LogP contribution in [-0.4, -0.2) is 29.8 Å². The zero-order chi connectivity index (χ0) is 11.8. The molecule has 16 heavy (non-hydrogen) atoms. The maximum atomic E-state index is 11.6. The van der Waals surface area contributed by atoms with Gasteiger partial charge in [0.25, 0.3) is 5.91 Å². The number of amides is 1. The third-order valence-corrected chi connectivity index (χ3v) is 2.77. The Kier molecular flexibility index (Phi) is 2.57. The third kappa shape index (κ3) is 1.45. The quantitative estimate of drug-likeness (QED) is 0.684. The van der Waals surface area contributed by atoms with Crippen LogP contribution in [0, 0.1) is 0 Å². The summed E-state index contributed by atoms with van der Waals surface area (Å²) in [4.78, 5) is 11.6. The van der Waals surface area contributed by atoms with Crippen molar-refractivity contribution in [2.75, 3.05) is 19.0 Å². The molecule has 5 heteroatoms. The SMILES string of the molecule is COc1ccc2c(c1)[C@@](O)(CCO)C(=O)N2. The van der Waals surface area contributed by atoms with Crippen LogP contribution in [0.3, 0.4) is 0 Å². The molecule has 1 aromatic rings. The highest BCUT2D eigenvalue weighted by atomic mass is 16.5. The molecule has 1 aromatic carbocycles. The normalized spacial score (nSPS) is 22.8. The van der Waals surface area contributed by atoms with Crippen molar-refractivity contribution in [2.24, 2.45) is 0 Å². The number of ether oxygens (including phenoxy) is 1. The van der Waals surface area contributed by atoms with Gasteiger partial charge in [0.2, 0.25) is 0 Å². The second kappa shape index (κ2) is 3.77. The van der Waals surface area contributed by atoms with Crippen molar-refractivity contribution in [1.29, 1.82) is 0 Å². The van der Waals surface area contributed by atoms with Gasteiger partial charge in [0.05, 0.1) is 7.11 Å². The lowest BCUT2D eigenvalue weighted by Gasteiger charge is -2.19. The van der Waals surface area contributed by atoms with Crippen LogP contribution in [-0.2, 0) is 10.4 Å². The molecular formula is C11H13NO4. The molecule has 1 heterocycles. The molecule has 0 aromatic heterocycles. The molecule has 86 valence electrons. The predicted octanol–water partition coefficient (Wildman–Crippen LogP) is 0.217. The van der Waals surface area contributed by atoms with E-state index in [0.29, 0.717) is 17.0 Å². The van der Waals surface area contributed by atoms with Gasteiger partial charge in [0.15, 0.2) is 5.60 Å². The van der Waals surface area contributed by atoms with E-state index in [4.69, 9.17) is 9.84 Å². The Bertz CT molecular complexity index is 432. The Morgan fingerprint density at radius 2 is 2.25 bits per heavy atom. The molecule has 0 aliphatic carbocycles. The van der Waals surface area contributed by atoms with Crippen LogP contribution in [0.5, 0.6) is 5.75 Å². The van der Waals surface area contributed by atoms with E-state index in [-0.39, 0.29) is 13.0 Å². The molecule has 1 amide bonds. The molecule has 1 atom stereocenters. The summed E-state index contributed by atoms with van der Waals surface area (Å²) in [6.45, 7) is -0.263. The standard InChI is InChI=1S/C11H13NO4/c1-16-7-2-3-9-8(6-7)11(15,4-5-13)10(14)12-9/h2-3,6,13,15H,4-5H2,1H3,(H,12,14)/t11-/m0/s1. The van der Waals surface area contributed by atoms with Crippen molar-refractivity contribution in [1.82, 2.24) is 0 Å². The number of anilines is 1. The number of carbonyl (C=O) groups excluding carboxylic acids is 1. The molecule has 2 rings (SSSR count). The largest absolute Gasteiger partial charge is 0.497 e. The molecule has 1 aliphatic heterocycles. The van der Waals surface area contributed by atoms with Crippen LogP contribution >= 0.6 is 0 Å². The molecule has 3 N–H and O–H groups in total. The first-order valence-electron chi connectivity index (χ1n) is 4.95. The molecular weight excluding hydrogens is 210 g/mol. The molecule has 0 saturated heterocycles. The maximum absolute atomic E-state index is 11.6. The third-order valence-electron chi connectivity index (χ3n) is 2.77. The van der Waals surface area contributed by atoms with E-state index in [1.54, 1.807) is 18.2 Å².